The average molecular weight is 301 g/mol. The number of amides is 1. The minimum atomic E-state index is -1.09. The van der Waals surface area contributed by atoms with Crippen molar-refractivity contribution >= 4 is 12.2 Å². The molecule has 0 saturated heterocycles. The molecule has 6 heteroatoms. The lowest BCUT2D eigenvalue weighted by Gasteiger charge is -2.07. The fourth-order valence-corrected chi connectivity index (χ4v) is 1.60. The Morgan fingerprint density at radius 2 is 1.36 bits per heavy atom. The second-order valence-corrected chi connectivity index (χ2v) is 4.29. The number of ether oxygens (including phenoxy) is 2. The quantitative estimate of drug-likeness (QED) is 0.521. The van der Waals surface area contributed by atoms with Gasteiger partial charge in [0.15, 0.2) is 0 Å². The first kappa shape index (κ1) is 15.5. The molecule has 0 fully saturated rings. The van der Waals surface area contributed by atoms with Crippen LogP contribution in [-0.2, 0) is 27.5 Å². The zero-order chi connectivity index (χ0) is 15.6. The molecule has 0 bridgehead atoms. The number of benzene rings is 2. The van der Waals surface area contributed by atoms with E-state index in [4.69, 9.17) is 9.57 Å². The molecule has 0 radical (unpaired) electrons. The van der Waals surface area contributed by atoms with Gasteiger partial charge in [-0.2, -0.15) is 5.48 Å². The highest BCUT2D eigenvalue weighted by molar-refractivity contribution is 5.79. The fraction of sp³-hybridized carbons (Fsp3) is 0.125. The number of carbonyl (C=O) groups is 2. The van der Waals surface area contributed by atoms with E-state index in [-0.39, 0.29) is 13.2 Å². The normalized spacial score (nSPS) is 9.82. The van der Waals surface area contributed by atoms with Crippen LogP contribution in [-0.4, -0.2) is 12.2 Å². The molecule has 2 aromatic rings. The smallest absolute Gasteiger partial charge is 0.429 e. The molecular formula is C16H15NO5. The Labute approximate surface area is 127 Å². The fourth-order valence-electron chi connectivity index (χ4n) is 1.60. The summed E-state index contributed by atoms with van der Waals surface area (Å²) in [6.07, 6.45) is -2.13. The first-order valence-corrected chi connectivity index (χ1v) is 6.58. The predicted molar refractivity (Wildman–Crippen MR) is 77.5 cm³/mol. The Bertz CT molecular complexity index is 600. The lowest BCUT2D eigenvalue weighted by molar-refractivity contribution is 0.0132. The van der Waals surface area contributed by atoms with Crippen molar-refractivity contribution in [1.82, 2.24) is 5.48 Å². The predicted octanol–water partition coefficient (Wildman–Crippen LogP) is 3.18. The molecule has 6 nitrogen and oxygen atoms in total. The minimum Gasteiger partial charge on any atom is -0.429 e. The maximum Gasteiger partial charge on any atom is 0.517 e. The third-order valence-corrected chi connectivity index (χ3v) is 2.61. The molecular weight excluding hydrogens is 286 g/mol. The Balaban J connectivity index is 1.63. The summed E-state index contributed by atoms with van der Waals surface area (Å²) in [5.74, 6) is 0. The summed E-state index contributed by atoms with van der Waals surface area (Å²) in [6, 6.07) is 18.3. The van der Waals surface area contributed by atoms with Crippen molar-refractivity contribution in [3.63, 3.8) is 0 Å². The van der Waals surface area contributed by atoms with Crippen LogP contribution in [0.2, 0.25) is 0 Å². The van der Waals surface area contributed by atoms with Gasteiger partial charge in [-0.3, -0.25) is 4.84 Å². The van der Waals surface area contributed by atoms with Crippen LogP contribution in [0.25, 0.3) is 0 Å². The van der Waals surface area contributed by atoms with Crippen molar-refractivity contribution in [2.45, 2.75) is 13.2 Å². The van der Waals surface area contributed by atoms with E-state index in [1.807, 2.05) is 54.0 Å². The first-order valence-electron chi connectivity index (χ1n) is 6.58. The van der Waals surface area contributed by atoms with E-state index < -0.39 is 12.2 Å². The third-order valence-electron chi connectivity index (χ3n) is 2.61. The Hall–Kier alpha value is -2.86. The number of nitrogens with one attached hydrogen (secondary N) is 1. The van der Waals surface area contributed by atoms with Crippen LogP contribution in [0.4, 0.5) is 9.59 Å². The first-order chi connectivity index (χ1) is 10.7. The second kappa shape index (κ2) is 8.43. The maximum absolute atomic E-state index is 11.3. The average Bonchev–Trinajstić information content (AvgIpc) is 2.55. The molecule has 0 spiro atoms. The molecule has 0 unspecified atom stereocenters. The largest absolute Gasteiger partial charge is 0.517 e. The minimum absolute atomic E-state index is 0.0256. The lowest BCUT2D eigenvalue weighted by Crippen LogP contribution is -2.27. The van der Waals surface area contributed by atoms with E-state index in [2.05, 4.69) is 4.74 Å². The van der Waals surface area contributed by atoms with E-state index in [9.17, 15) is 9.59 Å². The van der Waals surface area contributed by atoms with E-state index in [0.717, 1.165) is 11.1 Å². The standard InChI is InChI=1S/C16H15NO5/c18-15(17-21-12-14-9-5-2-6-10-14)22-16(19)20-11-13-7-3-1-4-8-13/h1-10H,11-12H2,(H,17,18). The summed E-state index contributed by atoms with van der Waals surface area (Å²) in [6.45, 7) is 0.187. The second-order valence-electron chi connectivity index (χ2n) is 4.29. The Morgan fingerprint density at radius 3 is 1.95 bits per heavy atom. The Morgan fingerprint density at radius 1 is 0.818 bits per heavy atom. The molecule has 2 aromatic carbocycles. The van der Waals surface area contributed by atoms with Gasteiger partial charge in [-0.15, -0.1) is 0 Å². The van der Waals surface area contributed by atoms with E-state index in [1.54, 1.807) is 12.1 Å². The molecule has 0 aliphatic rings. The Kier molecular flexibility index (Phi) is 5.95. The summed E-state index contributed by atoms with van der Waals surface area (Å²) in [5.41, 5.74) is 3.66. The summed E-state index contributed by atoms with van der Waals surface area (Å²) < 4.78 is 9.16. The van der Waals surface area contributed by atoms with Gasteiger partial charge in [-0.05, 0) is 11.1 Å². The number of hydroxylamine groups is 1. The van der Waals surface area contributed by atoms with Gasteiger partial charge in [0, 0.05) is 0 Å². The van der Waals surface area contributed by atoms with Crippen molar-refractivity contribution < 1.29 is 23.9 Å². The van der Waals surface area contributed by atoms with Gasteiger partial charge in [0.1, 0.15) is 6.61 Å². The molecule has 0 aromatic heterocycles. The van der Waals surface area contributed by atoms with Crippen LogP contribution in [0.3, 0.4) is 0 Å². The molecule has 0 aliphatic heterocycles. The lowest BCUT2D eigenvalue weighted by atomic mass is 10.2. The third kappa shape index (κ3) is 5.64. The zero-order valence-corrected chi connectivity index (χ0v) is 11.7. The van der Waals surface area contributed by atoms with Crippen LogP contribution in [0.15, 0.2) is 60.7 Å². The van der Waals surface area contributed by atoms with Crippen LogP contribution in [0.1, 0.15) is 11.1 Å². The molecule has 1 N–H and O–H groups in total. The van der Waals surface area contributed by atoms with E-state index in [0.29, 0.717) is 0 Å². The molecule has 0 heterocycles. The molecule has 0 saturated carbocycles. The number of carbonyl (C=O) groups excluding carboxylic acids is 2. The highest BCUT2D eigenvalue weighted by Crippen LogP contribution is 2.02. The SMILES string of the molecule is O=C(NOCc1ccccc1)OC(=O)OCc1ccccc1. The van der Waals surface area contributed by atoms with Crippen molar-refractivity contribution in [1.29, 1.82) is 0 Å². The van der Waals surface area contributed by atoms with Crippen LogP contribution < -0.4 is 5.48 Å². The van der Waals surface area contributed by atoms with Crippen molar-refractivity contribution in [3.05, 3.63) is 71.8 Å². The zero-order valence-electron chi connectivity index (χ0n) is 11.7. The van der Waals surface area contributed by atoms with Gasteiger partial charge in [0.05, 0.1) is 6.61 Å². The van der Waals surface area contributed by atoms with Crippen LogP contribution >= 0.6 is 0 Å². The summed E-state index contributed by atoms with van der Waals surface area (Å²) in [7, 11) is 0. The van der Waals surface area contributed by atoms with E-state index >= 15 is 0 Å². The molecule has 22 heavy (non-hydrogen) atoms. The maximum atomic E-state index is 11.3. The summed E-state index contributed by atoms with van der Waals surface area (Å²) in [4.78, 5) is 27.5. The number of rotatable bonds is 5. The molecule has 114 valence electrons. The van der Waals surface area contributed by atoms with Crippen molar-refractivity contribution in [2.24, 2.45) is 0 Å². The van der Waals surface area contributed by atoms with Crippen molar-refractivity contribution in [3.8, 4) is 0 Å². The molecule has 2 rings (SSSR count). The molecule has 0 aliphatic carbocycles. The van der Waals surface area contributed by atoms with Gasteiger partial charge in [-0.25, -0.2) is 9.59 Å². The molecule has 1 amide bonds. The van der Waals surface area contributed by atoms with Gasteiger partial charge in [0.2, 0.25) is 0 Å². The summed E-state index contributed by atoms with van der Waals surface area (Å²) >= 11 is 0. The van der Waals surface area contributed by atoms with Gasteiger partial charge in [0.25, 0.3) is 0 Å². The molecule has 0 atom stereocenters. The highest BCUT2D eigenvalue weighted by Gasteiger charge is 2.11. The summed E-state index contributed by atoms with van der Waals surface area (Å²) in [5, 5.41) is 0. The number of hydrogen-bond donors (Lipinski definition) is 1. The van der Waals surface area contributed by atoms with Crippen molar-refractivity contribution in [2.75, 3.05) is 0 Å². The van der Waals surface area contributed by atoms with Crippen LogP contribution in [0.5, 0.6) is 0 Å². The van der Waals surface area contributed by atoms with Gasteiger partial charge in [-0.1, -0.05) is 60.7 Å². The van der Waals surface area contributed by atoms with E-state index in [1.165, 1.54) is 0 Å². The number of hydrogen-bond acceptors (Lipinski definition) is 5. The van der Waals surface area contributed by atoms with Gasteiger partial charge < -0.3 is 9.47 Å². The highest BCUT2D eigenvalue weighted by atomic mass is 16.8. The monoisotopic (exact) mass is 301 g/mol. The van der Waals surface area contributed by atoms with Crippen LogP contribution in [0, 0.1) is 0 Å². The topological polar surface area (TPSA) is 73.9 Å². The van der Waals surface area contributed by atoms with Gasteiger partial charge >= 0.3 is 12.2 Å².